The van der Waals surface area contributed by atoms with Crippen molar-refractivity contribution in [1.29, 1.82) is 0 Å². The molecule has 1 heterocycles. The van der Waals surface area contributed by atoms with Gasteiger partial charge in [-0.2, -0.15) is 0 Å². The van der Waals surface area contributed by atoms with Gasteiger partial charge >= 0.3 is 5.97 Å². The molecule has 6 N–H and O–H groups in total. The molecule has 124 valence electrons. The standard InChI is InChI=1S/C12H23NO8/c1-2-19-6(4-3-5-13)20-12-9(16)7(14)8(15)10(21-12)11(17)18/h6-10,12,14-16H,2-5,13H2,1H3,(H,17,18)/t6?,7-,8-,9+,10-,12+/m0/s1. The Labute approximate surface area is 122 Å². The number of hydrogen-bond acceptors (Lipinski definition) is 8. The van der Waals surface area contributed by atoms with Crippen LogP contribution in [0.1, 0.15) is 19.8 Å². The minimum atomic E-state index is -1.74. The highest BCUT2D eigenvalue weighted by atomic mass is 16.8. The topological polar surface area (TPSA) is 152 Å². The Morgan fingerprint density at radius 3 is 2.48 bits per heavy atom. The average molecular weight is 309 g/mol. The largest absolute Gasteiger partial charge is 0.479 e. The van der Waals surface area contributed by atoms with Crippen molar-refractivity contribution in [2.75, 3.05) is 13.2 Å². The zero-order valence-electron chi connectivity index (χ0n) is 11.8. The SMILES string of the molecule is CCOC(CCCN)O[C@@H]1O[C@H](C(=O)O)[C@@H](O)[C@H](O)[C@H]1O. The molecule has 9 nitrogen and oxygen atoms in total. The highest BCUT2D eigenvalue weighted by molar-refractivity contribution is 5.73. The van der Waals surface area contributed by atoms with Crippen LogP contribution < -0.4 is 5.73 Å². The highest BCUT2D eigenvalue weighted by Crippen LogP contribution is 2.24. The van der Waals surface area contributed by atoms with Gasteiger partial charge in [0.05, 0.1) is 0 Å². The van der Waals surface area contributed by atoms with Gasteiger partial charge < -0.3 is 40.4 Å². The molecule has 6 atom stereocenters. The van der Waals surface area contributed by atoms with Crippen molar-refractivity contribution in [3.05, 3.63) is 0 Å². The van der Waals surface area contributed by atoms with E-state index in [2.05, 4.69) is 0 Å². The van der Waals surface area contributed by atoms with Crippen LogP contribution in [0.5, 0.6) is 0 Å². The highest BCUT2D eigenvalue weighted by Gasteiger charge is 2.48. The number of carboxylic acids is 1. The maximum absolute atomic E-state index is 11.0. The number of aliphatic hydroxyl groups is 3. The Bertz CT molecular complexity index is 328. The average Bonchev–Trinajstić information content (AvgIpc) is 2.44. The molecule has 0 bridgehead atoms. The Hall–Kier alpha value is -0.810. The summed E-state index contributed by atoms with van der Waals surface area (Å²) in [5, 5.41) is 38.0. The van der Waals surface area contributed by atoms with Gasteiger partial charge in [-0.05, 0) is 26.3 Å². The van der Waals surface area contributed by atoms with Gasteiger partial charge in [-0.3, -0.25) is 0 Å². The van der Waals surface area contributed by atoms with Gasteiger partial charge in [0.2, 0.25) is 0 Å². The summed E-state index contributed by atoms with van der Waals surface area (Å²) < 4.78 is 15.7. The molecule has 0 aromatic carbocycles. The third kappa shape index (κ3) is 4.85. The molecule has 0 amide bonds. The van der Waals surface area contributed by atoms with E-state index in [4.69, 9.17) is 25.1 Å². The number of carboxylic acid groups (broad SMARTS) is 1. The van der Waals surface area contributed by atoms with Gasteiger partial charge in [0.25, 0.3) is 0 Å². The van der Waals surface area contributed by atoms with E-state index in [1.807, 2.05) is 0 Å². The van der Waals surface area contributed by atoms with Crippen LogP contribution in [0, 0.1) is 0 Å². The van der Waals surface area contributed by atoms with Crippen LogP contribution in [0.2, 0.25) is 0 Å². The van der Waals surface area contributed by atoms with E-state index in [0.717, 1.165) is 0 Å². The number of nitrogens with two attached hydrogens (primary N) is 1. The zero-order chi connectivity index (χ0) is 16.0. The molecule has 0 aliphatic carbocycles. The van der Waals surface area contributed by atoms with Crippen molar-refractivity contribution < 1.29 is 39.4 Å². The van der Waals surface area contributed by atoms with Crippen LogP contribution in [0.4, 0.5) is 0 Å². The van der Waals surface area contributed by atoms with E-state index in [0.29, 0.717) is 26.0 Å². The lowest BCUT2D eigenvalue weighted by molar-refractivity contribution is -0.331. The Balaban J connectivity index is 2.71. The molecule has 1 aliphatic rings. The molecule has 1 rings (SSSR count). The summed E-state index contributed by atoms with van der Waals surface area (Å²) in [6.45, 7) is 2.50. The van der Waals surface area contributed by atoms with E-state index in [1.165, 1.54) is 0 Å². The van der Waals surface area contributed by atoms with Crippen LogP contribution in [0.15, 0.2) is 0 Å². The molecule has 0 aromatic rings. The second kappa shape index (κ2) is 8.59. The predicted octanol–water partition coefficient (Wildman–Crippen LogP) is -2.00. The first-order valence-electron chi connectivity index (χ1n) is 6.82. The molecular formula is C12H23NO8. The zero-order valence-corrected chi connectivity index (χ0v) is 11.8. The fraction of sp³-hybridized carbons (Fsp3) is 0.917. The summed E-state index contributed by atoms with van der Waals surface area (Å²) in [7, 11) is 0. The van der Waals surface area contributed by atoms with Crippen molar-refractivity contribution in [3.63, 3.8) is 0 Å². The molecule has 1 aliphatic heterocycles. The van der Waals surface area contributed by atoms with Crippen molar-refractivity contribution >= 4 is 5.97 Å². The molecule has 1 fully saturated rings. The van der Waals surface area contributed by atoms with Gasteiger partial charge in [0, 0.05) is 6.61 Å². The Morgan fingerprint density at radius 1 is 1.29 bits per heavy atom. The third-order valence-electron chi connectivity index (χ3n) is 3.10. The number of ether oxygens (including phenoxy) is 3. The van der Waals surface area contributed by atoms with Gasteiger partial charge in [-0.25, -0.2) is 4.79 Å². The normalized spacial score (nSPS) is 34.6. The second-order valence-corrected chi connectivity index (χ2v) is 4.69. The number of aliphatic carboxylic acids is 1. The van der Waals surface area contributed by atoms with Gasteiger partial charge in [-0.15, -0.1) is 0 Å². The number of carbonyl (C=O) groups is 1. The number of rotatable bonds is 8. The fourth-order valence-corrected chi connectivity index (χ4v) is 1.98. The first-order chi connectivity index (χ1) is 9.92. The third-order valence-corrected chi connectivity index (χ3v) is 3.10. The molecule has 21 heavy (non-hydrogen) atoms. The van der Waals surface area contributed by atoms with E-state index in [1.54, 1.807) is 6.92 Å². The minimum Gasteiger partial charge on any atom is -0.479 e. The molecule has 0 aromatic heterocycles. The molecule has 1 unspecified atom stereocenters. The summed E-state index contributed by atoms with van der Waals surface area (Å²) in [6, 6.07) is 0. The monoisotopic (exact) mass is 309 g/mol. The smallest absolute Gasteiger partial charge is 0.335 e. The lowest BCUT2D eigenvalue weighted by Crippen LogP contribution is -2.60. The fourth-order valence-electron chi connectivity index (χ4n) is 1.98. The molecule has 1 saturated heterocycles. The van der Waals surface area contributed by atoms with Crippen molar-refractivity contribution in [2.45, 2.75) is 56.8 Å². The van der Waals surface area contributed by atoms with Crippen molar-refractivity contribution in [1.82, 2.24) is 0 Å². The molecule has 0 radical (unpaired) electrons. The van der Waals surface area contributed by atoms with E-state index < -0.39 is 43.0 Å². The summed E-state index contributed by atoms with van der Waals surface area (Å²) in [5.41, 5.74) is 5.39. The van der Waals surface area contributed by atoms with Crippen LogP contribution in [-0.2, 0) is 19.0 Å². The van der Waals surface area contributed by atoms with E-state index in [-0.39, 0.29) is 0 Å². The van der Waals surface area contributed by atoms with Gasteiger partial charge in [-0.1, -0.05) is 0 Å². The maximum Gasteiger partial charge on any atom is 0.335 e. The minimum absolute atomic E-state index is 0.339. The van der Waals surface area contributed by atoms with Crippen molar-refractivity contribution in [3.8, 4) is 0 Å². The van der Waals surface area contributed by atoms with Crippen molar-refractivity contribution in [2.24, 2.45) is 5.73 Å². The lowest BCUT2D eigenvalue weighted by atomic mass is 9.99. The van der Waals surface area contributed by atoms with E-state index >= 15 is 0 Å². The summed E-state index contributed by atoms with van der Waals surface area (Å²) in [4.78, 5) is 11.0. The summed E-state index contributed by atoms with van der Waals surface area (Å²) >= 11 is 0. The summed E-state index contributed by atoms with van der Waals surface area (Å²) in [5.74, 6) is -1.46. The molecule has 9 heteroatoms. The maximum atomic E-state index is 11.0. The second-order valence-electron chi connectivity index (χ2n) is 4.69. The number of hydrogen-bond donors (Lipinski definition) is 5. The number of aliphatic hydroxyl groups excluding tert-OH is 3. The summed E-state index contributed by atoms with van der Waals surface area (Å²) in [6.07, 6.45) is -7.86. The van der Waals surface area contributed by atoms with Crippen LogP contribution in [0.3, 0.4) is 0 Å². The van der Waals surface area contributed by atoms with Crippen LogP contribution >= 0.6 is 0 Å². The predicted molar refractivity (Wildman–Crippen MR) is 69.1 cm³/mol. The molecular weight excluding hydrogens is 286 g/mol. The van der Waals surface area contributed by atoms with E-state index in [9.17, 15) is 20.1 Å². The molecule has 0 saturated carbocycles. The van der Waals surface area contributed by atoms with Crippen LogP contribution in [0.25, 0.3) is 0 Å². The first-order valence-corrected chi connectivity index (χ1v) is 6.82. The lowest BCUT2D eigenvalue weighted by Gasteiger charge is -2.39. The first kappa shape index (κ1) is 18.2. The van der Waals surface area contributed by atoms with Gasteiger partial charge in [0.1, 0.15) is 18.3 Å². The Morgan fingerprint density at radius 2 is 1.95 bits per heavy atom. The molecule has 0 spiro atoms. The van der Waals surface area contributed by atoms with Crippen LogP contribution in [-0.4, -0.2) is 76.5 Å². The van der Waals surface area contributed by atoms with Gasteiger partial charge in [0.15, 0.2) is 18.7 Å². The Kier molecular flexibility index (Phi) is 7.46. The quantitative estimate of drug-likeness (QED) is 0.320.